The fourth-order valence-electron chi connectivity index (χ4n) is 2.31. The van der Waals surface area contributed by atoms with Gasteiger partial charge in [0.1, 0.15) is 0 Å². The summed E-state index contributed by atoms with van der Waals surface area (Å²) in [6, 6.07) is 14.9. The second-order valence-electron chi connectivity index (χ2n) is 5.58. The van der Waals surface area contributed by atoms with E-state index in [9.17, 15) is 9.59 Å². The van der Waals surface area contributed by atoms with Gasteiger partial charge in [0.25, 0.3) is 0 Å². The average molecular weight is 311 g/mol. The van der Waals surface area contributed by atoms with Crippen molar-refractivity contribution in [2.45, 2.75) is 32.6 Å². The van der Waals surface area contributed by atoms with Gasteiger partial charge in [-0.15, -0.1) is 0 Å². The highest BCUT2D eigenvalue weighted by Gasteiger charge is 2.14. The Labute approximate surface area is 136 Å². The molecule has 0 heterocycles. The molecule has 1 amide bonds. The molecule has 1 unspecified atom stereocenters. The predicted octanol–water partition coefficient (Wildman–Crippen LogP) is 3.62. The number of hydrogen-bond acceptors (Lipinski definition) is 2. The number of aliphatic carboxylic acids is 1. The second kappa shape index (κ2) is 7.58. The van der Waals surface area contributed by atoms with Crippen LogP contribution in [0.5, 0.6) is 0 Å². The summed E-state index contributed by atoms with van der Waals surface area (Å²) in [5.41, 5.74) is 3.48. The highest BCUT2D eigenvalue weighted by molar-refractivity contribution is 5.92. The molecule has 2 N–H and O–H groups in total. The summed E-state index contributed by atoms with van der Waals surface area (Å²) in [6.45, 7) is 3.71. The molecule has 4 heteroatoms. The zero-order valence-electron chi connectivity index (χ0n) is 13.4. The van der Waals surface area contributed by atoms with Crippen molar-refractivity contribution in [1.29, 1.82) is 0 Å². The number of nitrogens with one attached hydrogen (secondary N) is 1. The number of aryl methyl sites for hydroxylation is 1. The summed E-state index contributed by atoms with van der Waals surface area (Å²) in [7, 11) is 0. The van der Waals surface area contributed by atoms with Crippen LogP contribution in [0.4, 0.5) is 5.69 Å². The third-order valence-corrected chi connectivity index (χ3v) is 3.84. The molecule has 0 bridgehead atoms. The van der Waals surface area contributed by atoms with Gasteiger partial charge in [-0.25, -0.2) is 0 Å². The van der Waals surface area contributed by atoms with Crippen molar-refractivity contribution in [1.82, 2.24) is 0 Å². The summed E-state index contributed by atoms with van der Waals surface area (Å²) >= 11 is 0. The number of carbonyl (C=O) groups excluding carboxylic acids is 1. The zero-order valence-corrected chi connectivity index (χ0v) is 13.4. The van der Waals surface area contributed by atoms with Crippen molar-refractivity contribution in [2.24, 2.45) is 0 Å². The highest BCUT2D eigenvalue weighted by atomic mass is 16.4. The van der Waals surface area contributed by atoms with E-state index < -0.39 is 11.9 Å². The maximum atomic E-state index is 12.1. The fraction of sp³-hybridized carbons (Fsp3) is 0.263. The molecule has 4 nitrogen and oxygen atoms in total. The number of hydrogen-bond donors (Lipinski definition) is 2. The summed E-state index contributed by atoms with van der Waals surface area (Å²) in [6.07, 6.45) is 1.27. The number of carboxylic acid groups (broad SMARTS) is 1. The Morgan fingerprint density at radius 1 is 1.09 bits per heavy atom. The van der Waals surface area contributed by atoms with Gasteiger partial charge >= 0.3 is 5.97 Å². The lowest BCUT2D eigenvalue weighted by Crippen LogP contribution is -2.15. The Bertz CT molecular complexity index is 692. The minimum absolute atomic E-state index is 0.116. The number of carbonyl (C=O) groups is 2. The molecule has 0 fully saturated rings. The summed E-state index contributed by atoms with van der Waals surface area (Å²) in [5.74, 6) is -1.60. The Morgan fingerprint density at radius 3 is 2.35 bits per heavy atom. The van der Waals surface area contributed by atoms with Crippen LogP contribution < -0.4 is 5.32 Å². The smallest absolute Gasteiger partial charge is 0.310 e. The van der Waals surface area contributed by atoms with Crippen LogP contribution in [-0.2, 0) is 22.4 Å². The van der Waals surface area contributed by atoms with Gasteiger partial charge in [0.15, 0.2) is 0 Å². The second-order valence-corrected chi connectivity index (χ2v) is 5.58. The molecule has 0 saturated heterocycles. The zero-order chi connectivity index (χ0) is 16.8. The Hall–Kier alpha value is -2.62. The van der Waals surface area contributed by atoms with Crippen molar-refractivity contribution >= 4 is 17.6 Å². The van der Waals surface area contributed by atoms with E-state index in [0.717, 1.165) is 12.0 Å². The quantitative estimate of drug-likeness (QED) is 0.856. The largest absolute Gasteiger partial charge is 0.481 e. The SMILES string of the molecule is CCc1ccc(CC(=O)Nc2cccc(C(C)C(=O)O)c2)cc1. The van der Waals surface area contributed by atoms with Gasteiger partial charge in [0.2, 0.25) is 5.91 Å². The minimum Gasteiger partial charge on any atom is -0.481 e. The lowest BCUT2D eigenvalue weighted by Gasteiger charge is -2.10. The molecule has 0 aromatic heterocycles. The fourth-order valence-corrected chi connectivity index (χ4v) is 2.31. The number of rotatable bonds is 6. The number of amides is 1. The van der Waals surface area contributed by atoms with Gasteiger partial charge in [0.05, 0.1) is 12.3 Å². The maximum absolute atomic E-state index is 12.1. The number of benzene rings is 2. The molecular formula is C19H21NO3. The lowest BCUT2D eigenvalue weighted by molar-refractivity contribution is -0.138. The molecule has 0 aliphatic rings. The van der Waals surface area contributed by atoms with E-state index in [1.165, 1.54) is 5.56 Å². The van der Waals surface area contributed by atoms with Crippen molar-refractivity contribution in [2.75, 3.05) is 5.32 Å². The monoisotopic (exact) mass is 311 g/mol. The van der Waals surface area contributed by atoms with Gasteiger partial charge < -0.3 is 10.4 Å². The van der Waals surface area contributed by atoms with Crippen LogP contribution in [0.1, 0.15) is 36.5 Å². The molecule has 120 valence electrons. The molecule has 2 aromatic carbocycles. The first kappa shape index (κ1) is 16.7. The van der Waals surface area contributed by atoms with Gasteiger partial charge in [0, 0.05) is 5.69 Å². The highest BCUT2D eigenvalue weighted by Crippen LogP contribution is 2.19. The molecule has 0 aliphatic carbocycles. The van der Waals surface area contributed by atoms with E-state index in [-0.39, 0.29) is 5.91 Å². The first-order valence-electron chi connectivity index (χ1n) is 7.70. The summed E-state index contributed by atoms with van der Waals surface area (Å²) < 4.78 is 0. The Kier molecular flexibility index (Phi) is 5.52. The molecule has 0 radical (unpaired) electrons. The summed E-state index contributed by atoms with van der Waals surface area (Å²) in [5, 5.41) is 11.9. The topological polar surface area (TPSA) is 66.4 Å². The van der Waals surface area contributed by atoms with Gasteiger partial charge in [-0.1, -0.05) is 43.3 Å². The maximum Gasteiger partial charge on any atom is 0.310 e. The number of carboxylic acids is 1. The van der Waals surface area contributed by atoms with E-state index >= 15 is 0 Å². The standard InChI is InChI=1S/C19H21NO3/c1-3-14-7-9-15(10-8-14)11-18(21)20-17-6-4-5-16(12-17)13(2)19(22)23/h4-10,12-13H,3,11H2,1-2H3,(H,20,21)(H,22,23). The molecule has 0 aliphatic heterocycles. The van der Waals surface area contributed by atoms with E-state index in [4.69, 9.17) is 5.11 Å². The number of anilines is 1. The first-order chi connectivity index (χ1) is 11.0. The average Bonchev–Trinajstić information content (AvgIpc) is 2.55. The van der Waals surface area contributed by atoms with Crippen LogP contribution in [0.3, 0.4) is 0 Å². The van der Waals surface area contributed by atoms with Crippen molar-refractivity contribution < 1.29 is 14.7 Å². The van der Waals surface area contributed by atoms with Gasteiger partial charge in [-0.2, -0.15) is 0 Å². The van der Waals surface area contributed by atoms with E-state index in [1.54, 1.807) is 31.2 Å². The third-order valence-electron chi connectivity index (χ3n) is 3.84. The molecule has 2 aromatic rings. The third kappa shape index (κ3) is 4.68. The van der Waals surface area contributed by atoms with Crippen molar-refractivity contribution in [3.05, 3.63) is 65.2 Å². The van der Waals surface area contributed by atoms with Crippen LogP contribution in [0.2, 0.25) is 0 Å². The van der Waals surface area contributed by atoms with Crippen molar-refractivity contribution in [3.63, 3.8) is 0 Å². The molecule has 1 atom stereocenters. The van der Waals surface area contributed by atoms with Crippen molar-refractivity contribution in [3.8, 4) is 0 Å². The van der Waals surface area contributed by atoms with Crippen LogP contribution >= 0.6 is 0 Å². The van der Waals surface area contributed by atoms with Crippen LogP contribution in [0.15, 0.2) is 48.5 Å². The van der Waals surface area contributed by atoms with Crippen LogP contribution in [0.25, 0.3) is 0 Å². The molecule has 0 spiro atoms. The van der Waals surface area contributed by atoms with Gasteiger partial charge in [-0.3, -0.25) is 9.59 Å². The Balaban J connectivity index is 2.02. The summed E-state index contributed by atoms with van der Waals surface area (Å²) in [4.78, 5) is 23.2. The molecule has 23 heavy (non-hydrogen) atoms. The molecular weight excluding hydrogens is 290 g/mol. The first-order valence-corrected chi connectivity index (χ1v) is 7.70. The van der Waals surface area contributed by atoms with Crippen LogP contribution in [-0.4, -0.2) is 17.0 Å². The van der Waals surface area contributed by atoms with Gasteiger partial charge in [-0.05, 0) is 42.2 Å². The van der Waals surface area contributed by atoms with E-state index in [1.807, 2.05) is 24.3 Å². The lowest BCUT2D eigenvalue weighted by atomic mass is 10.0. The predicted molar refractivity (Wildman–Crippen MR) is 90.6 cm³/mol. The molecule has 0 saturated carbocycles. The van der Waals surface area contributed by atoms with E-state index in [0.29, 0.717) is 17.7 Å². The van der Waals surface area contributed by atoms with Crippen LogP contribution in [0, 0.1) is 0 Å². The minimum atomic E-state index is -0.885. The van der Waals surface area contributed by atoms with E-state index in [2.05, 4.69) is 12.2 Å². The molecule has 2 rings (SSSR count). The normalized spacial score (nSPS) is 11.7. The Morgan fingerprint density at radius 2 is 1.74 bits per heavy atom.